The van der Waals surface area contributed by atoms with E-state index in [1.807, 2.05) is 30.3 Å². The Bertz CT molecular complexity index is 537. The smallest absolute Gasteiger partial charge is 0.131 e. The van der Waals surface area contributed by atoms with Gasteiger partial charge in [-0.1, -0.05) is 30.3 Å². The van der Waals surface area contributed by atoms with Crippen LogP contribution >= 0.6 is 0 Å². The maximum Gasteiger partial charge on any atom is 0.131 e. The zero-order chi connectivity index (χ0) is 16.8. The summed E-state index contributed by atoms with van der Waals surface area (Å²) in [5.74, 6) is -1.23. The Hall–Kier alpha value is -1.07. The maximum atomic E-state index is 10.5. The molecule has 22 heavy (non-hydrogen) atoms. The molecule has 1 rings (SSSR count). The van der Waals surface area contributed by atoms with Gasteiger partial charge in [0, 0.05) is 5.56 Å². The molecular formula is C13H21NO7S. The summed E-state index contributed by atoms with van der Waals surface area (Å²) in [6.45, 7) is 0.572. The number of benzene rings is 1. The van der Waals surface area contributed by atoms with Crippen molar-refractivity contribution in [1.82, 2.24) is 0 Å². The molecule has 0 aliphatic heterocycles. The Balaban J connectivity index is 2.41. The van der Waals surface area contributed by atoms with E-state index in [1.165, 1.54) is 0 Å². The predicted molar refractivity (Wildman–Crippen MR) is 75.5 cm³/mol. The lowest BCUT2D eigenvalue weighted by Crippen LogP contribution is -2.85. The standard InChI is InChI=1S/C13H21NO7S/c15-10(7-14-6-9-4-2-1-3-5-9)12(17)13(18)11(16)8-22(19,20)21/h1-5,10-18H,6-8H2,(H,19,20,21)/t10-,11+,12+,13+/m0/s1. The Morgan fingerprint density at radius 2 is 1.55 bits per heavy atom. The van der Waals surface area contributed by atoms with E-state index in [2.05, 4.69) is 0 Å². The van der Waals surface area contributed by atoms with Crippen molar-refractivity contribution < 1.29 is 38.7 Å². The molecule has 1 aromatic rings. The van der Waals surface area contributed by atoms with Gasteiger partial charge in [-0.15, -0.1) is 0 Å². The van der Waals surface area contributed by atoms with E-state index in [9.17, 15) is 33.4 Å². The van der Waals surface area contributed by atoms with Crippen molar-refractivity contribution in [2.75, 3.05) is 12.3 Å². The molecule has 126 valence electrons. The summed E-state index contributed by atoms with van der Waals surface area (Å²) in [7, 11) is -4.74. The molecule has 1 aromatic carbocycles. The minimum absolute atomic E-state index is 0.0317. The molecule has 0 radical (unpaired) electrons. The average molecular weight is 335 g/mol. The Kier molecular flexibility index (Phi) is 7.36. The maximum absolute atomic E-state index is 10.5. The van der Waals surface area contributed by atoms with Crippen LogP contribution in [0.15, 0.2) is 30.3 Å². The molecule has 0 saturated carbocycles. The normalized spacial score (nSPS) is 17.7. The largest absolute Gasteiger partial charge is 0.748 e. The van der Waals surface area contributed by atoms with Crippen LogP contribution in [-0.4, -0.2) is 70.1 Å². The fraction of sp³-hybridized carbons (Fsp3) is 0.538. The lowest BCUT2D eigenvalue weighted by atomic mass is 10.0. The van der Waals surface area contributed by atoms with Gasteiger partial charge in [-0.2, -0.15) is 0 Å². The molecule has 0 amide bonds. The average Bonchev–Trinajstić information content (AvgIpc) is 2.44. The fourth-order valence-electron chi connectivity index (χ4n) is 1.94. The van der Waals surface area contributed by atoms with Gasteiger partial charge >= 0.3 is 0 Å². The quantitative estimate of drug-likeness (QED) is 0.297. The van der Waals surface area contributed by atoms with E-state index >= 15 is 0 Å². The van der Waals surface area contributed by atoms with Crippen LogP contribution < -0.4 is 5.32 Å². The first-order valence-corrected chi connectivity index (χ1v) is 8.30. The molecule has 0 bridgehead atoms. The zero-order valence-electron chi connectivity index (χ0n) is 11.8. The van der Waals surface area contributed by atoms with Crippen molar-refractivity contribution >= 4 is 10.1 Å². The van der Waals surface area contributed by atoms with Gasteiger partial charge in [0.2, 0.25) is 0 Å². The molecule has 0 aliphatic carbocycles. The number of hydrogen-bond acceptors (Lipinski definition) is 7. The molecule has 0 saturated heterocycles. The van der Waals surface area contributed by atoms with Gasteiger partial charge in [0.25, 0.3) is 0 Å². The molecule has 0 unspecified atom stereocenters. The molecule has 4 atom stereocenters. The second kappa shape index (κ2) is 8.53. The second-order valence-corrected chi connectivity index (χ2v) is 6.50. The molecule has 0 spiro atoms. The number of quaternary nitrogens is 1. The first kappa shape index (κ1) is 19.0. The first-order valence-electron chi connectivity index (χ1n) is 6.72. The summed E-state index contributed by atoms with van der Waals surface area (Å²) in [5, 5.41) is 40.0. The van der Waals surface area contributed by atoms with Crippen LogP contribution in [0.1, 0.15) is 5.56 Å². The van der Waals surface area contributed by atoms with Gasteiger partial charge in [-0.3, -0.25) is 0 Å². The summed E-state index contributed by atoms with van der Waals surface area (Å²) < 4.78 is 31.5. The highest BCUT2D eigenvalue weighted by atomic mass is 32.2. The van der Waals surface area contributed by atoms with Crippen molar-refractivity contribution in [2.45, 2.75) is 31.0 Å². The number of rotatable bonds is 9. The molecule has 0 fully saturated rings. The molecule has 0 aliphatic rings. The number of aliphatic hydroxyl groups is 4. The third kappa shape index (κ3) is 6.79. The third-order valence-corrected chi connectivity index (χ3v) is 3.89. The van der Waals surface area contributed by atoms with E-state index in [4.69, 9.17) is 0 Å². The number of hydrogen-bond donors (Lipinski definition) is 5. The van der Waals surface area contributed by atoms with E-state index in [1.54, 1.807) is 5.32 Å². The monoisotopic (exact) mass is 335 g/mol. The highest BCUT2D eigenvalue weighted by Crippen LogP contribution is 2.06. The Morgan fingerprint density at radius 3 is 2.09 bits per heavy atom. The third-order valence-electron chi connectivity index (χ3n) is 3.14. The van der Waals surface area contributed by atoms with E-state index in [0.29, 0.717) is 6.54 Å². The molecule has 9 heteroatoms. The van der Waals surface area contributed by atoms with Crippen LogP contribution in [0.5, 0.6) is 0 Å². The summed E-state index contributed by atoms with van der Waals surface area (Å²) in [5.41, 5.74) is 1.00. The molecule has 0 heterocycles. The Labute approximate surface area is 128 Å². The summed E-state index contributed by atoms with van der Waals surface area (Å²) in [6, 6.07) is 9.35. The number of nitrogens with two attached hydrogens (primary N) is 1. The van der Waals surface area contributed by atoms with Gasteiger partial charge in [0.05, 0.1) is 22.0 Å². The highest BCUT2D eigenvalue weighted by Gasteiger charge is 2.32. The minimum atomic E-state index is -4.74. The van der Waals surface area contributed by atoms with Crippen LogP contribution in [0.25, 0.3) is 0 Å². The van der Waals surface area contributed by atoms with Crippen molar-refractivity contribution in [2.24, 2.45) is 0 Å². The van der Waals surface area contributed by atoms with Crippen LogP contribution in [0, 0.1) is 0 Å². The van der Waals surface area contributed by atoms with Crippen molar-refractivity contribution in [3.8, 4) is 0 Å². The highest BCUT2D eigenvalue weighted by molar-refractivity contribution is 7.85. The molecular weight excluding hydrogens is 314 g/mol. The van der Waals surface area contributed by atoms with Crippen LogP contribution in [-0.2, 0) is 16.7 Å². The second-order valence-electron chi connectivity index (χ2n) is 5.05. The Morgan fingerprint density at radius 1 is 1.00 bits per heavy atom. The van der Waals surface area contributed by atoms with Crippen LogP contribution in [0.2, 0.25) is 0 Å². The van der Waals surface area contributed by atoms with E-state index < -0.39 is 40.3 Å². The topological polar surface area (TPSA) is 155 Å². The van der Waals surface area contributed by atoms with Crippen LogP contribution in [0.3, 0.4) is 0 Å². The lowest BCUT2D eigenvalue weighted by molar-refractivity contribution is -0.677. The summed E-state index contributed by atoms with van der Waals surface area (Å²) in [6.07, 6.45) is -7.03. The van der Waals surface area contributed by atoms with Gasteiger partial charge in [-0.25, -0.2) is 8.42 Å². The molecule has 6 N–H and O–H groups in total. The molecule has 0 aromatic heterocycles. The van der Waals surface area contributed by atoms with Crippen molar-refractivity contribution in [1.29, 1.82) is 0 Å². The van der Waals surface area contributed by atoms with Crippen molar-refractivity contribution in [3.05, 3.63) is 35.9 Å². The van der Waals surface area contributed by atoms with Crippen LogP contribution in [0.4, 0.5) is 0 Å². The van der Waals surface area contributed by atoms with Gasteiger partial charge in [0.1, 0.15) is 31.4 Å². The molecule has 8 nitrogen and oxygen atoms in total. The summed E-state index contributed by atoms with van der Waals surface area (Å²) >= 11 is 0. The van der Waals surface area contributed by atoms with Gasteiger partial charge in [-0.05, 0) is 0 Å². The first-order chi connectivity index (χ1) is 10.2. The van der Waals surface area contributed by atoms with E-state index in [0.717, 1.165) is 5.56 Å². The van der Waals surface area contributed by atoms with Gasteiger partial charge in [0.15, 0.2) is 0 Å². The minimum Gasteiger partial charge on any atom is -0.748 e. The summed E-state index contributed by atoms with van der Waals surface area (Å²) in [4.78, 5) is 0. The lowest BCUT2D eigenvalue weighted by Gasteiger charge is -2.26. The predicted octanol–water partition coefficient (Wildman–Crippen LogP) is -3.26. The SMILES string of the molecule is O=S(=O)([O-])C[C@@H](O)[C@@H](O)[C@H](O)[C@@H](O)C[NH2+]Cc1ccccc1. The fourth-order valence-corrected chi connectivity index (χ4v) is 2.55. The van der Waals surface area contributed by atoms with E-state index in [-0.39, 0.29) is 6.54 Å². The number of aliphatic hydroxyl groups excluding tert-OH is 4. The van der Waals surface area contributed by atoms with Gasteiger partial charge < -0.3 is 30.3 Å². The van der Waals surface area contributed by atoms with Crippen molar-refractivity contribution in [3.63, 3.8) is 0 Å². The zero-order valence-corrected chi connectivity index (χ0v) is 12.6.